The number of aromatic nitrogens is 3. The number of ether oxygens (including phenoxy) is 2. The number of hydrazone groups is 1. The number of hydrogen-bond donors (Lipinski definition) is 0. The van der Waals surface area contributed by atoms with E-state index in [1.165, 1.54) is 34.2 Å². The van der Waals surface area contributed by atoms with Gasteiger partial charge < -0.3 is 9.47 Å². The SMILES string of the molecule is COc1cc([C@H]2CC(c3cccs3)=NN2C(=O)Cn2nnc3ccccc32)ccc1OC(F)F. The van der Waals surface area contributed by atoms with Crippen molar-refractivity contribution in [1.29, 1.82) is 0 Å². The number of alkyl halides is 2. The second-order valence-electron chi connectivity index (χ2n) is 7.51. The third-order valence-corrected chi connectivity index (χ3v) is 6.38. The van der Waals surface area contributed by atoms with E-state index in [1.54, 1.807) is 12.1 Å². The second-order valence-corrected chi connectivity index (χ2v) is 8.45. The maximum atomic E-state index is 13.4. The molecule has 2 aromatic carbocycles. The molecule has 0 bridgehead atoms. The van der Waals surface area contributed by atoms with Crippen LogP contribution in [-0.4, -0.2) is 45.3 Å². The Morgan fingerprint density at radius 2 is 2.03 bits per heavy atom. The summed E-state index contributed by atoms with van der Waals surface area (Å²) < 4.78 is 36.8. The molecular formula is C23H19F2N5O3S. The van der Waals surface area contributed by atoms with Crippen molar-refractivity contribution in [3.63, 3.8) is 0 Å². The molecule has 3 heterocycles. The molecule has 1 aliphatic heterocycles. The van der Waals surface area contributed by atoms with Crippen LogP contribution in [0.4, 0.5) is 8.78 Å². The predicted molar refractivity (Wildman–Crippen MR) is 122 cm³/mol. The third kappa shape index (κ3) is 4.21. The van der Waals surface area contributed by atoms with Crippen LogP contribution in [0.15, 0.2) is 65.1 Å². The van der Waals surface area contributed by atoms with E-state index in [0.717, 1.165) is 16.1 Å². The average molecular weight is 484 g/mol. The van der Waals surface area contributed by atoms with E-state index in [4.69, 9.17) is 4.74 Å². The second kappa shape index (κ2) is 9.18. The first kappa shape index (κ1) is 22.0. The summed E-state index contributed by atoms with van der Waals surface area (Å²) in [7, 11) is 1.37. The summed E-state index contributed by atoms with van der Waals surface area (Å²) in [4.78, 5) is 14.4. The van der Waals surface area contributed by atoms with Crippen LogP contribution in [0.3, 0.4) is 0 Å². The minimum absolute atomic E-state index is 0.0536. The number of thiophene rings is 1. The molecule has 34 heavy (non-hydrogen) atoms. The fourth-order valence-electron chi connectivity index (χ4n) is 3.91. The van der Waals surface area contributed by atoms with Gasteiger partial charge in [-0.05, 0) is 41.3 Å². The number of benzene rings is 2. The van der Waals surface area contributed by atoms with Crippen molar-refractivity contribution in [3.8, 4) is 11.5 Å². The van der Waals surface area contributed by atoms with Gasteiger partial charge in [0.1, 0.15) is 12.1 Å². The Kier molecular flexibility index (Phi) is 5.93. The number of methoxy groups -OCH3 is 1. The van der Waals surface area contributed by atoms with Gasteiger partial charge in [0.25, 0.3) is 5.91 Å². The Hall–Kier alpha value is -3.86. The summed E-state index contributed by atoms with van der Waals surface area (Å²) in [6.07, 6.45) is 0.461. The Labute approximate surface area is 197 Å². The predicted octanol–water partition coefficient (Wildman–Crippen LogP) is 4.48. The van der Waals surface area contributed by atoms with E-state index in [-0.39, 0.29) is 24.0 Å². The monoisotopic (exact) mass is 483 g/mol. The molecule has 1 atom stereocenters. The minimum atomic E-state index is -2.98. The van der Waals surface area contributed by atoms with Crippen molar-refractivity contribution in [2.24, 2.45) is 5.10 Å². The highest BCUT2D eigenvalue weighted by Crippen LogP contribution is 2.38. The van der Waals surface area contributed by atoms with E-state index in [9.17, 15) is 13.6 Å². The molecule has 8 nitrogen and oxygen atoms in total. The molecule has 0 fully saturated rings. The molecular weight excluding hydrogens is 464 g/mol. The fourth-order valence-corrected chi connectivity index (χ4v) is 4.63. The van der Waals surface area contributed by atoms with Crippen LogP contribution >= 0.6 is 11.3 Å². The van der Waals surface area contributed by atoms with E-state index in [0.29, 0.717) is 17.5 Å². The van der Waals surface area contributed by atoms with Crippen LogP contribution in [0, 0.1) is 0 Å². The molecule has 4 aromatic rings. The lowest BCUT2D eigenvalue weighted by Gasteiger charge is -2.23. The largest absolute Gasteiger partial charge is 0.493 e. The highest BCUT2D eigenvalue weighted by Gasteiger charge is 2.34. The van der Waals surface area contributed by atoms with E-state index in [1.807, 2.05) is 41.8 Å². The van der Waals surface area contributed by atoms with Crippen LogP contribution in [0.25, 0.3) is 11.0 Å². The van der Waals surface area contributed by atoms with Gasteiger partial charge in [0, 0.05) is 6.42 Å². The van der Waals surface area contributed by atoms with Crippen molar-refractivity contribution in [2.45, 2.75) is 25.6 Å². The standard InChI is InChI=1S/C23H19F2N5O3S/c1-32-20-11-14(8-9-19(20)33-23(24)25)18-12-16(21-7-4-10-34-21)27-30(18)22(31)13-29-17-6-3-2-5-15(17)26-28-29/h2-11,18,23H,12-13H2,1H3/t18-/m1/s1. The fraction of sp³-hybridized carbons (Fsp3) is 0.217. The number of fused-ring (bicyclic) bond motifs is 1. The van der Waals surface area contributed by atoms with Gasteiger partial charge in [-0.2, -0.15) is 13.9 Å². The zero-order valence-electron chi connectivity index (χ0n) is 18.0. The number of para-hydroxylation sites is 1. The first-order valence-electron chi connectivity index (χ1n) is 10.4. The van der Waals surface area contributed by atoms with Gasteiger partial charge >= 0.3 is 6.61 Å². The highest BCUT2D eigenvalue weighted by atomic mass is 32.1. The average Bonchev–Trinajstić information content (AvgIpc) is 3.59. The normalized spacial score (nSPS) is 15.7. The maximum Gasteiger partial charge on any atom is 0.387 e. The summed E-state index contributed by atoms with van der Waals surface area (Å²) in [6, 6.07) is 15.4. The minimum Gasteiger partial charge on any atom is -0.493 e. The lowest BCUT2D eigenvalue weighted by Crippen LogP contribution is -2.30. The lowest BCUT2D eigenvalue weighted by atomic mass is 10.0. The van der Waals surface area contributed by atoms with Crippen LogP contribution in [0.5, 0.6) is 11.5 Å². The molecule has 0 N–H and O–H groups in total. The van der Waals surface area contributed by atoms with Gasteiger partial charge in [0.05, 0.1) is 29.3 Å². The van der Waals surface area contributed by atoms with Crippen LogP contribution in [0.1, 0.15) is 22.9 Å². The molecule has 0 saturated carbocycles. The summed E-state index contributed by atoms with van der Waals surface area (Å²) >= 11 is 1.53. The topological polar surface area (TPSA) is 81.8 Å². The van der Waals surface area contributed by atoms with Gasteiger partial charge in [0.2, 0.25) is 0 Å². The first-order valence-corrected chi connectivity index (χ1v) is 11.3. The number of nitrogens with zero attached hydrogens (tertiary/aromatic N) is 5. The summed E-state index contributed by atoms with van der Waals surface area (Å²) in [5.41, 5.74) is 2.88. The molecule has 5 rings (SSSR count). The number of amides is 1. The molecule has 2 aromatic heterocycles. The van der Waals surface area contributed by atoms with Crippen molar-refractivity contribution < 1.29 is 23.0 Å². The zero-order valence-corrected chi connectivity index (χ0v) is 18.8. The van der Waals surface area contributed by atoms with Crippen LogP contribution in [0.2, 0.25) is 0 Å². The highest BCUT2D eigenvalue weighted by molar-refractivity contribution is 7.12. The Morgan fingerprint density at radius 3 is 2.79 bits per heavy atom. The molecule has 1 aliphatic rings. The van der Waals surface area contributed by atoms with Crippen LogP contribution in [-0.2, 0) is 11.3 Å². The van der Waals surface area contributed by atoms with Crippen molar-refractivity contribution in [3.05, 3.63) is 70.4 Å². The number of carbonyl (C=O) groups is 1. The summed E-state index contributed by atoms with van der Waals surface area (Å²) in [5.74, 6) is -0.207. The Bertz CT molecular complexity index is 1360. The molecule has 0 radical (unpaired) electrons. The quantitative estimate of drug-likeness (QED) is 0.387. The molecule has 0 saturated heterocycles. The van der Waals surface area contributed by atoms with E-state index >= 15 is 0 Å². The van der Waals surface area contributed by atoms with Crippen molar-refractivity contribution >= 4 is 34.0 Å². The molecule has 1 amide bonds. The van der Waals surface area contributed by atoms with Gasteiger partial charge in [-0.25, -0.2) is 9.69 Å². The molecule has 11 heteroatoms. The van der Waals surface area contributed by atoms with Crippen molar-refractivity contribution in [2.75, 3.05) is 7.11 Å². The van der Waals surface area contributed by atoms with Gasteiger partial charge in [-0.1, -0.05) is 29.5 Å². The number of halogens is 2. The summed E-state index contributed by atoms with van der Waals surface area (Å²) in [5, 5.41) is 16.2. The number of rotatable bonds is 7. The Balaban J connectivity index is 1.47. The van der Waals surface area contributed by atoms with Crippen LogP contribution < -0.4 is 9.47 Å². The lowest BCUT2D eigenvalue weighted by molar-refractivity contribution is -0.133. The smallest absolute Gasteiger partial charge is 0.387 e. The molecule has 0 spiro atoms. The van der Waals surface area contributed by atoms with E-state index < -0.39 is 12.7 Å². The van der Waals surface area contributed by atoms with Crippen molar-refractivity contribution in [1.82, 2.24) is 20.0 Å². The zero-order chi connectivity index (χ0) is 23.7. The Morgan fingerprint density at radius 1 is 1.18 bits per heavy atom. The van der Waals surface area contributed by atoms with E-state index in [2.05, 4.69) is 20.2 Å². The maximum absolute atomic E-state index is 13.4. The van der Waals surface area contributed by atoms with Gasteiger partial charge in [-0.3, -0.25) is 4.79 Å². The third-order valence-electron chi connectivity index (χ3n) is 5.47. The van der Waals surface area contributed by atoms with Gasteiger partial charge in [0.15, 0.2) is 11.5 Å². The molecule has 0 unspecified atom stereocenters. The molecule has 0 aliphatic carbocycles. The summed E-state index contributed by atoms with van der Waals surface area (Å²) in [6.45, 7) is -3.03. The number of carbonyl (C=O) groups excluding carboxylic acids is 1. The molecule has 174 valence electrons. The first-order chi connectivity index (χ1) is 16.5. The number of hydrogen-bond acceptors (Lipinski definition) is 7. The van der Waals surface area contributed by atoms with Gasteiger partial charge in [-0.15, -0.1) is 16.4 Å².